The molecule has 2 atom stereocenters. The molecular formula is C23H27NOS. The number of thiophene rings is 1. The number of benzene rings is 2. The van der Waals surface area contributed by atoms with E-state index in [0.717, 1.165) is 44.3 Å². The standard InChI is InChI=1S/C23H27NOS/c1-2-14-24(15-13-19-16-18-8-4-6-10-22(18)26-19)21-12-11-17-7-3-5-9-20(17)23(21)25/h3-10,16,21,23,25H,2,11-15H2,1H3. The van der Waals surface area contributed by atoms with E-state index >= 15 is 0 Å². The third kappa shape index (κ3) is 3.57. The third-order valence-corrected chi connectivity index (χ3v) is 6.73. The van der Waals surface area contributed by atoms with Crippen molar-refractivity contribution in [2.24, 2.45) is 0 Å². The SMILES string of the molecule is CCCN(CCc1cc2ccccc2s1)C1CCc2ccccc2C1O. The Morgan fingerprint density at radius 3 is 2.73 bits per heavy atom. The second-order valence-corrected chi connectivity index (χ2v) is 8.45. The monoisotopic (exact) mass is 365 g/mol. The quantitative estimate of drug-likeness (QED) is 0.649. The molecule has 2 nitrogen and oxygen atoms in total. The summed E-state index contributed by atoms with van der Waals surface area (Å²) in [4.78, 5) is 3.96. The van der Waals surface area contributed by atoms with E-state index in [2.05, 4.69) is 60.4 Å². The van der Waals surface area contributed by atoms with Gasteiger partial charge in [0.1, 0.15) is 0 Å². The number of fused-ring (bicyclic) bond motifs is 2. The molecule has 4 rings (SSSR count). The Morgan fingerprint density at radius 2 is 1.88 bits per heavy atom. The molecule has 2 aromatic carbocycles. The molecule has 0 bridgehead atoms. The maximum atomic E-state index is 11.0. The number of aliphatic hydroxyl groups is 1. The molecule has 1 aliphatic rings. The molecule has 0 saturated heterocycles. The number of rotatable bonds is 6. The van der Waals surface area contributed by atoms with E-state index in [1.165, 1.54) is 20.5 Å². The van der Waals surface area contributed by atoms with E-state index in [9.17, 15) is 5.11 Å². The van der Waals surface area contributed by atoms with Crippen LogP contribution in [0.2, 0.25) is 0 Å². The van der Waals surface area contributed by atoms with Crippen LogP contribution in [0.5, 0.6) is 0 Å². The van der Waals surface area contributed by atoms with Gasteiger partial charge >= 0.3 is 0 Å². The molecule has 1 N–H and O–H groups in total. The molecule has 0 radical (unpaired) electrons. The van der Waals surface area contributed by atoms with Crippen molar-refractivity contribution in [3.63, 3.8) is 0 Å². The highest BCUT2D eigenvalue weighted by Crippen LogP contribution is 2.33. The van der Waals surface area contributed by atoms with E-state index in [0.29, 0.717) is 0 Å². The van der Waals surface area contributed by atoms with Crippen LogP contribution in [0.3, 0.4) is 0 Å². The van der Waals surface area contributed by atoms with E-state index in [1.807, 2.05) is 17.4 Å². The zero-order valence-electron chi connectivity index (χ0n) is 15.4. The fourth-order valence-electron chi connectivity index (χ4n) is 4.25. The van der Waals surface area contributed by atoms with Crippen molar-refractivity contribution >= 4 is 21.4 Å². The van der Waals surface area contributed by atoms with Crippen molar-refractivity contribution in [1.82, 2.24) is 4.90 Å². The van der Waals surface area contributed by atoms with Crippen molar-refractivity contribution in [3.05, 3.63) is 70.6 Å². The van der Waals surface area contributed by atoms with Gasteiger partial charge in [0.25, 0.3) is 0 Å². The number of aryl methyl sites for hydroxylation is 1. The van der Waals surface area contributed by atoms with Crippen LogP contribution in [0.1, 0.15) is 41.9 Å². The average Bonchev–Trinajstić information content (AvgIpc) is 3.09. The lowest BCUT2D eigenvalue weighted by atomic mass is 9.85. The average molecular weight is 366 g/mol. The van der Waals surface area contributed by atoms with Crippen molar-refractivity contribution in [2.45, 2.75) is 44.8 Å². The van der Waals surface area contributed by atoms with E-state index in [4.69, 9.17) is 0 Å². The Hall–Kier alpha value is -1.68. The highest BCUT2D eigenvalue weighted by molar-refractivity contribution is 7.19. The minimum atomic E-state index is -0.367. The highest BCUT2D eigenvalue weighted by Gasteiger charge is 2.31. The summed E-state index contributed by atoms with van der Waals surface area (Å²) in [6, 6.07) is 19.6. The summed E-state index contributed by atoms with van der Waals surface area (Å²) in [5, 5.41) is 12.3. The first-order valence-electron chi connectivity index (χ1n) is 9.73. The molecule has 3 aromatic rings. The molecule has 136 valence electrons. The van der Waals surface area contributed by atoms with Gasteiger partial charge in [-0.25, -0.2) is 0 Å². The minimum Gasteiger partial charge on any atom is -0.387 e. The second-order valence-electron chi connectivity index (χ2n) is 7.29. The van der Waals surface area contributed by atoms with Crippen LogP contribution < -0.4 is 0 Å². The maximum Gasteiger partial charge on any atom is 0.0947 e. The molecule has 2 unspecified atom stereocenters. The van der Waals surface area contributed by atoms with Crippen LogP contribution in [0.15, 0.2) is 54.6 Å². The summed E-state index contributed by atoms with van der Waals surface area (Å²) in [5.41, 5.74) is 2.45. The molecule has 1 aromatic heterocycles. The van der Waals surface area contributed by atoms with Gasteiger partial charge in [-0.2, -0.15) is 0 Å². The fourth-order valence-corrected chi connectivity index (χ4v) is 5.30. The lowest BCUT2D eigenvalue weighted by Crippen LogP contribution is -2.43. The summed E-state index contributed by atoms with van der Waals surface area (Å²) >= 11 is 1.90. The summed E-state index contributed by atoms with van der Waals surface area (Å²) in [6.45, 7) is 4.30. The van der Waals surface area contributed by atoms with Gasteiger partial charge in [0.15, 0.2) is 0 Å². The third-order valence-electron chi connectivity index (χ3n) is 5.55. The van der Waals surface area contributed by atoms with Gasteiger partial charge < -0.3 is 5.11 Å². The van der Waals surface area contributed by atoms with Gasteiger partial charge in [-0.05, 0) is 60.9 Å². The zero-order chi connectivity index (χ0) is 17.9. The molecule has 3 heteroatoms. The van der Waals surface area contributed by atoms with Crippen molar-refractivity contribution in [1.29, 1.82) is 0 Å². The van der Waals surface area contributed by atoms with Crippen LogP contribution in [0.4, 0.5) is 0 Å². The summed E-state index contributed by atoms with van der Waals surface area (Å²) in [6.07, 6.45) is 3.93. The summed E-state index contributed by atoms with van der Waals surface area (Å²) in [7, 11) is 0. The van der Waals surface area contributed by atoms with Crippen LogP contribution in [-0.2, 0) is 12.8 Å². The summed E-state index contributed by atoms with van der Waals surface area (Å²) in [5.74, 6) is 0. The van der Waals surface area contributed by atoms with E-state index in [-0.39, 0.29) is 12.1 Å². The lowest BCUT2D eigenvalue weighted by Gasteiger charge is -2.38. The lowest BCUT2D eigenvalue weighted by molar-refractivity contribution is 0.0364. The van der Waals surface area contributed by atoms with Crippen molar-refractivity contribution in [2.75, 3.05) is 13.1 Å². The predicted octanol–water partition coefficient (Wildman–Crippen LogP) is 5.20. The zero-order valence-corrected chi connectivity index (χ0v) is 16.2. The van der Waals surface area contributed by atoms with Gasteiger partial charge in [-0.1, -0.05) is 49.4 Å². The van der Waals surface area contributed by atoms with Gasteiger partial charge in [0, 0.05) is 22.2 Å². The highest BCUT2D eigenvalue weighted by atomic mass is 32.1. The number of nitrogens with zero attached hydrogens (tertiary/aromatic N) is 1. The van der Waals surface area contributed by atoms with Crippen LogP contribution in [0.25, 0.3) is 10.1 Å². The Kier molecular flexibility index (Phi) is 5.39. The summed E-state index contributed by atoms with van der Waals surface area (Å²) < 4.78 is 1.37. The van der Waals surface area contributed by atoms with Crippen molar-refractivity contribution < 1.29 is 5.11 Å². The van der Waals surface area contributed by atoms with Crippen LogP contribution >= 0.6 is 11.3 Å². The molecule has 1 heterocycles. The predicted molar refractivity (Wildman–Crippen MR) is 111 cm³/mol. The number of hydrogen-bond acceptors (Lipinski definition) is 3. The van der Waals surface area contributed by atoms with Gasteiger partial charge in [0.05, 0.1) is 6.10 Å². The van der Waals surface area contributed by atoms with Gasteiger partial charge in [0.2, 0.25) is 0 Å². The molecule has 0 saturated carbocycles. The molecule has 1 aliphatic carbocycles. The molecule has 0 spiro atoms. The molecular weight excluding hydrogens is 338 g/mol. The first-order chi connectivity index (χ1) is 12.8. The Bertz CT molecular complexity index is 838. The van der Waals surface area contributed by atoms with Gasteiger partial charge in [-0.15, -0.1) is 11.3 Å². The van der Waals surface area contributed by atoms with E-state index < -0.39 is 0 Å². The van der Waals surface area contributed by atoms with E-state index in [1.54, 1.807) is 0 Å². The van der Waals surface area contributed by atoms with Crippen molar-refractivity contribution in [3.8, 4) is 0 Å². The molecule has 0 fully saturated rings. The topological polar surface area (TPSA) is 23.5 Å². The Balaban J connectivity index is 1.49. The minimum absolute atomic E-state index is 0.235. The number of hydrogen-bond donors (Lipinski definition) is 1. The van der Waals surface area contributed by atoms with Crippen LogP contribution in [0, 0.1) is 0 Å². The maximum absolute atomic E-state index is 11.0. The van der Waals surface area contributed by atoms with Crippen LogP contribution in [-0.4, -0.2) is 29.1 Å². The molecule has 26 heavy (non-hydrogen) atoms. The second kappa shape index (κ2) is 7.91. The first kappa shape index (κ1) is 17.7. The number of aliphatic hydroxyl groups excluding tert-OH is 1. The Labute approximate surface area is 160 Å². The molecule has 0 aliphatic heterocycles. The largest absolute Gasteiger partial charge is 0.387 e. The first-order valence-corrected chi connectivity index (χ1v) is 10.6. The Morgan fingerprint density at radius 1 is 1.08 bits per heavy atom. The van der Waals surface area contributed by atoms with Gasteiger partial charge in [-0.3, -0.25) is 4.90 Å². The smallest absolute Gasteiger partial charge is 0.0947 e. The normalized spacial score (nSPS) is 19.8. The molecule has 0 amide bonds. The fraction of sp³-hybridized carbons (Fsp3) is 0.391.